The van der Waals surface area contributed by atoms with Gasteiger partial charge in [-0.15, -0.1) is 11.3 Å². The third-order valence-electron chi connectivity index (χ3n) is 2.94. The number of hydrogen-bond acceptors (Lipinski definition) is 4. The fraction of sp³-hybridized carbons (Fsp3) is 0.429. The summed E-state index contributed by atoms with van der Waals surface area (Å²) in [5.74, 6) is 0. The molecule has 0 aliphatic rings. The zero-order valence-electron chi connectivity index (χ0n) is 11.6. The van der Waals surface area contributed by atoms with Gasteiger partial charge in [-0.05, 0) is 40.9 Å². The Balaban J connectivity index is 2.10. The van der Waals surface area contributed by atoms with Crippen LogP contribution in [0.2, 0.25) is 0 Å². The molecule has 4 nitrogen and oxygen atoms in total. The Hall–Kier alpha value is -1.14. The quantitative estimate of drug-likeness (QED) is 0.859. The van der Waals surface area contributed by atoms with Crippen molar-refractivity contribution in [2.75, 3.05) is 5.32 Å². The average molecular weight is 356 g/mol. The van der Waals surface area contributed by atoms with Crippen LogP contribution in [0.1, 0.15) is 30.0 Å². The molecule has 0 aromatic carbocycles. The molecule has 2 aromatic heterocycles. The van der Waals surface area contributed by atoms with Gasteiger partial charge < -0.3 is 5.32 Å². The fourth-order valence-electron chi connectivity index (χ4n) is 1.85. The van der Waals surface area contributed by atoms with E-state index >= 15 is 0 Å². The van der Waals surface area contributed by atoms with Gasteiger partial charge in [0.1, 0.15) is 4.47 Å². The summed E-state index contributed by atoms with van der Waals surface area (Å²) >= 11 is 5.15. The summed E-state index contributed by atoms with van der Waals surface area (Å²) in [7, 11) is 0. The lowest BCUT2D eigenvalue weighted by Crippen LogP contribution is -2.24. The first-order valence-corrected chi connectivity index (χ1v) is 8.33. The van der Waals surface area contributed by atoms with Gasteiger partial charge in [0, 0.05) is 22.8 Å². The fourth-order valence-corrected chi connectivity index (χ4v) is 3.19. The van der Waals surface area contributed by atoms with Gasteiger partial charge in [-0.3, -0.25) is 4.79 Å². The van der Waals surface area contributed by atoms with E-state index in [1.54, 1.807) is 17.5 Å². The van der Waals surface area contributed by atoms with Crippen LogP contribution >= 0.6 is 27.3 Å². The van der Waals surface area contributed by atoms with E-state index in [0.717, 1.165) is 18.5 Å². The molecular weight excluding hydrogens is 338 g/mol. The summed E-state index contributed by atoms with van der Waals surface area (Å²) in [6.45, 7) is 5.53. The standard InChI is InChI=1S/C14H18BrN3OS/c1-3-7-18-14(19)13(15)12(9-17-18)16-8-11-6-5-10(4-2)20-11/h5-6,9,16H,3-4,7-8H2,1-2H3. The first kappa shape index (κ1) is 15.3. The number of rotatable bonds is 6. The Morgan fingerprint density at radius 3 is 2.75 bits per heavy atom. The van der Waals surface area contributed by atoms with E-state index in [1.165, 1.54) is 14.4 Å². The third-order valence-corrected chi connectivity index (χ3v) is 4.94. The second-order valence-corrected chi connectivity index (χ2v) is 6.52. The third kappa shape index (κ3) is 3.49. The molecule has 0 aliphatic heterocycles. The smallest absolute Gasteiger partial charge is 0.283 e. The van der Waals surface area contributed by atoms with E-state index in [-0.39, 0.29) is 5.56 Å². The monoisotopic (exact) mass is 355 g/mol. The van der Waals surface area contributed by atoms with Gasteiger partial charge in [-0.25, -0.2) is 4.68 Å². The van der Waals surface area contributed by atoms with Crippen LogP contribution in [0.5, 0.6) is 0 Å². The molecule has 0 spiro atoms. The topological polar surface area (TPSA) is 46.9 Å². The number of aryl methyl sites for hydroxylation is 2. The Morgan fingerprint density at radius 1 is 1.35 bits per heavy atom. The number of halogens is 1. The number of nitrogens with zero attached hydrogens (tertiary/aromatic N) is 2. The summed E-state index contributed by atoms with van der Waals surface area (Å²) < 4.78 is 2.03. The molecule has 2 rings (SSSR count). The molecule has 0 unspecified atom stereocenters. The van der Waals surface area contributed by atoms with Gasteiger partial charge >= 0.3 is 0 Å². The van der Waals surface area contributed by atoms with Gasteiger partial charge in [0.15, 0.2) is 0 Å². The predicted molar refractivity (Wildman–Crippen MR) is 87.5 cm³/mol. The molecule has 20 heavy (non-hydrogen) atoms. The molecule has 0 amide bonds. The van der Waals surface area contributed by atoms with E-state index in [9.17, 15) is 4.79 Å². The van der Waals surface area contributed by atoms with Gasteiger partial charge in [-0.1, -0.05) is 13.8 Å². The van der Waals surface area contributed by atoms with Crippen molar-refractivity contribution >= 4 is 33.0 Å². The molecule has 6 heteroatoms. The number of nitrogens with one attached hydrogen (secondary N) is 1. The van der Waals surface area contributed by atoms with Crippen LogP contribution in [-0.2, 0) is 19.5 Å². The van der Waals surface area contributed by atoms with E-state index in [4.69, 9.17) is 0 Å². The summed E-state index contributed by atoms with van der Waals surface area (Å²) in [5, 5.41) is 7.44. The summed E-state index contributed by atoms with van der Waals surface area (Å²) in [6.07, 6.45) is 3.65. The van der Waals surface area contributed by atoms with Crippen LogP contribution < -0.4 is 10.9 Å². The van der Waals surface area contributed by atoms with Crippen LogP contribution in [-0.4, -0.2) is 9.78 Å². The maximum atomic E-state index is 12.1. The lowest BCUT2D eigenvalue weighted by atomic mass is 10.3. The number of thiophene rings is 1. The van der Waals surface area contributed by atoms with Crippen LogP contribution in [0.4, 0.5) is 5.69 Å². The lowest BCUT2D eigenvalue weighted by Gasteiger charge is -2.09. The first-order chi connectivity index (χ1) is 9.65. The highest BCUT2D eigenvalue weighted by molar-refractivity contribution is 9.10. The zero-order valence-corrected chi connectivity index (χ0v) is 14.1. The van der Waals surface area contributed by atoms with Gasteiger partial charge in [-0.2, -0.15) is 5.10 Å². The van der Waals surface area contributed by atoms with Gasteiger partial charge in [0.05, 0.1) is 11.9 Å². The SMILES string of the molecule is CCCn1ncc(NCc2ccc(CC)s2)c(Br)c1=O. The van der Waals surface area contributed by atoms with Crippen molar-refractivity contribution < 1.29 is 0 Å². The summed E-state index contributed by atoms with van der Waals surface area (Å²) in [4.78, 5) is 14.7. The second kappa shape index (κ2) is 7.04. The van der Waals surface area contributed by atoms with Crippen molar-refractivity contribution in [3.05, 3.63) is 42.9 Å². The first-order valence-electron chi connectivity index (χ1n) is 6.72. The van der Waals surface area contributed by atoms with Crippen molar-refractivity contribution in [3.63, 3.8) is 0 Å². The van der Waals surface area contributed by atoms with Gasteiger partial charge in [0.25, 0.3) is 5.56 Å². The number of anilines is 1. The van der Waals surface area contributed by atoms with Crippen molar-refractivity contribution in [2.24, 2.45) is 0 Å². The Kier molecular flexibility index (Phi) is 5.37. The van der Waals surface area contributed by atoms with Crippen LogP contribution in [0.15, 0.2) is 27.6 Å². The summed E-state index contributed by atoms with van der Waals surface area (Å²) in [5.41, 5.74) is 0.658. The predicted octanol–water partition coefficient (Wildman–Crippen LogP) is 3.65. The largest absolute Gasteiger partial charge is 0.378 e. The lowest BCUT2D eigenvalue weighted by molar-refractivity contribution is 0.566. The molecule has 1 N–H and O–H groups in total. The van der Waals surface area contributed by atoms with Gasteiger partial charge in [0.2, 0.25) is 0 Å². The minimum Gasteiger partial charge on any atom is -0.378 e. The molecule has 0 fully saturated rings. The van der Waals surface area contributed by atoms with Crippen LogP contribution in [0.25, 0.3) is 0 Å². The van der Waals surface area contributed by atoms with E-state index in [2.05, 4.69) is 45.4 Å². The van der Waals surface area contributed by atoms with Crippen molar-refractivity contribution in [1.29, 1.82) is 0 Å². The molecule has 0 saturated heterocycles. The zero-order chi connectivity index (χ0) is 14.5. The molecule has 2 aromatic rings. The van der Waals surface area contributed by atoms with E-state index in [0.29, 0.717) is 17.6 Å². The van der Waals surface area contributed by atoms with Crippen LogP contribution in [0, 0.1) is 0 Å². The number of hydrogen-bond donors (Lipinski definition) is 1. The average Bonchev–Trinajstić information content (AvgIpc) is 2.91. The molecule has 0 bridgehead atoms. The molecule has 0 saturated carbocycles. The van der Waals surface area contributed by atoms with E-state index in [1.807, 2.05) is 6.92 Å². The molecule has 108 valence electrons. The maximum Gasteiger partial charge on any atom is 0.283 e. The van der Waals surface area contributed by atoms with E-state index < -0.39 is 0 Å². The number of aromatic nitrogens is 2. The molecule has 0 radical (unpaired) electrons. The molecule has 0 atom stereocenters. The van der Waals surface area contributed by atoms with Crippen molar-refractivity contribution in [3.8, 4) is 0 Å². The Labute approximate surface area is 131 Å². The maximum absolute atomic E-state index is 12.1. The highest BCUT2D eigenvalue weighted by Crippen LogP contribution is 2.21. The molecular formula is C14H18BrN3OS. The van der Waals surface area contributed by atoms with Crippen molar-refractivity contribution in [2.45, 2.75) is 39.8 Å². The molecule has 2 heterocycles. The van der Waals surface area contributed by atoms with Crippen molar-refractivity contribution in [1.82, 2.24) is 9.78 Å². The highest BCUT2D eigenvalue weighted by Gasteiger charge is 2.08. The minimum absolute atomic E-state index is 0.0859. The molecule has 0 aliphatic carbocycles. The minimum atomic E-state index is -0.0859. The highest BCUT2D eigenvalue weighted by atomic mass is 79.9. The van der Waals surface area contributed by atoms with Crippen LogP contribution in [0.3, 0.4) is 0 Å². The Bertz CT molecular complexity index is 636. The second-order valence-electron chi connectivity index (χ2n) is 4.48. The summed E-state index contributed by atoms with van der Waals surface area (Å²) in [6, 6.07) is 4.27. The Morgan fingerprint density at radius 2 is 2.10 bits per heavy atom. The normalized spacial score (nSPS) is 10.8.